The fraction of sp³-hybridized carbons (Fsp3) is 0.154. The standard InChI is InChI=1S/C13H13N3O3/c1-16(12(17)6-9-4-5-14-7-9)11-3-2-10(8-15-11)13(18)19/h2-5,7-8,14H,6H2,1H3,(H,18,19). The number of H-pyrrole nitrogens is 1. The van der Waals surface area contributed by atoms with Gasteiger partial charge in [-0.2, -0.15) is 0 Å². The number of aromatic nitrogens is 2. The van der Waals surface area contributed by atoms with Crippen LogP contribution in [0.15, 0.2) is 36.8 Å². The Hall–Kier alpha value is -2.63. The predicted octanol–water partition coefficient (Wildman–Crippen LogP) is 1.31. The van der Waals surface area contributed by atoms with Crippen LogP contribution in [0.25, 0.3) is 0 Å². The first-order chi connectivity index (χ1) is 9.08. The van der Waals surface area contributed by atoms with Crippen molar-refractivity contribution in [2.75, 3.05) is 11.9 Å². The van der Waals surface area contributed by atoms with E-state index in [1.165, 1.54) is 23.2 Å². The minimum Gasteiger partial charge on any atom is -0.478 e. The minimum absolute atomic E-state index is 0.0928. The molecule has 0 radical (unpaired) electrons. The highest BCUT2D eigenvalue weighted by molar-refractivity contribution is 5.94. The van der Waals surface area contributed by atoms with Gasteiger partial charge < -0.3 is 10.1 Å². The second kappa shape index (κ2) is 5.34. The van der Waals surface area contributed by atoms with E-state index in [1.807, 2.05) is 6.07 Å². The minimum atomic E-state index is -1.04. The number of carboxylic acid groups (broad SMARTS) is 1. The van der Waals surface area contributed by atoms with Crippen LogP contribution in [0.3, 0.4) is 0 Å². The van der Waals surface area contributed by atoms with Gasteiger partial charge in [0.1, 0.15) is 5.82 Å². The zero-order chi connectivity index (χ0) is 13.8. The number of hydrogen-bond donors (Lipinski definition) is 2. The molecular formula is C13H13N3O3. The first-order valence-corrected chi connectivity index (χ1v) is 5.65. The molecule has 98 valence electrons. The summed E-state index contributed by atoms with van der Waals surface area (Å²) in [7, 11) is 1.61. The average molecular weight is 259 g/mol. The maximum Gasteiger partial charge on any atom is 0.337 e. The molecule has 0 fully saturated rings. The van der Waals surface area contributed by atoms with Gasteiger partial charge in [-0.15, -0.1) is 0 Å². The van der Waals surface area contributed by atoms with Gasteiger partial charge in [0.05, 0.1) is 12.0 Å². The summed E-state index contributed by atoms with van der Waals surface area (Å²) in [5.41, 5.74) is 0.981. The molecule has 2 N–H and O–H groups in total. The lowest BCUT2D eigenvalue weighted by atomic mass is 10.2. The summed E-state index contributed by atoms with van der Waals surface area (Å²) in [6.45, 7) is 0. The van der Waals surface area contributed by atoms with Crippen LogP contribution in [-0.2, 0) is 11.2 Å². The summed E-state index contributed by atoms with van der Waals surface area (Å²) in [6, 6.07) is 4.76. The van der Waals surface area contributed by atoms with Gasteiger partial charge in [0.2, 0.25) is 5.91 Å². The lowest BCUT2D eigenvalue weighted by Gasteiger charge is -2.15. The van der Waals surface area contributed by atoms with Crippen LogP contribution in [0, 0.1) is 0 Å². The Kier molecular flexibility index (Phi) is 3.61. The first kappa shape index (κ1) is 12.8. The summed E-state index contributed by atoms with van der Waals surface area (Å²) in [6.07, 6.45) is 5.01. The van der Waals surface area contributed by atoms with Crippen molar-refractivity contribution in [2.45, 2.75) is 6.42 Å². The van der Waals surface area contributed by atoms with Crippen LogP contribution >= 0.6 is 0 Å². The molecular weight excluding hydrogens is 246 g/mol. The maximum absolute atomic E-state index is 12.0. The number of rotatable bonds is 4. The van der Waals surface area contributed by atoms with Gasteiger partial charge in [-0.3, -0.25) is 9.69 Å². The van der Waals surface area contributed by atoms with Gasteiger partial charge in [-0.25, -0.2) is 9.78 Å². The van der Waals surface area contributed by atoms with Crippen molar-refractivity contribution in [2.24, 2.45) is 0 Å². The Labute approximate surface area is 109 Å². The normalized spacial score (nSPS) is 10.2. The van der Waals surface area contributed by atoms with E-state index in [2.05, 4.69) is 9.97 Å². The van der Waals surface area contributed by atoms with Crippen LogP contribution < -0.4 is 4.90 Å². The average Bonchev–Trinajstić information content (AvgIpc) is 2.90. The van der Waals surface area contributed by atoms with Gasteiger partial charge in [-0.05, 0) is 23.8 Å². The Bertz CT molecular complexity index is 576. The van der Waals surface area contributed by atoms with Crippen molar-refractivity contribution in [1.82, 2.24) is 9.97 Å². The molecule has 0 bridgehead atoms. The maximum atomic E-state index is 12.0. The van der Waals surface area contributed by atoms with Crippen LogP contribution in [-0.4, -0.2) is 34.0 Å². The van der Waals surface area contributed by atoms with Gasteiger partial charge in [0.25, 0.3) is 0 Å². The molecule has 0 spiro atoms. The molecule has 0 saturated carbocycles. The summed E-state index contributed by atoms with van der Waals surface area (Å²) < 4.78 is 0. The third-order valence-corrected chi connectivity index (χ3v) is 2.73. The Balaban J connectivity index is 2.08. The fourth-order valence-corrected chi connectivity index (χ4v) is 1.60. The molecule has 2 heterocycles. The zero-order valence-corrected chi connectivity index (χ0v) is 10.3. The number of likely N-dealkylation sites (N-methyl/N-ethyl adjacent to an activating group) is 1. The fourth-order valence-electron chi connectivity index (χ4n) is 1.60. The van der Waals surface area contributed by atoms with Gasteiger partial charge in [0.15, 0.2) is 0 Å². The van der Waals surface area contributed by atoms with Crippen molar-refractivity contribution in [3.05, 3.63) is 47.9 Å². The highest BCUT2D eigenvalue weighted by atomic mass is 16.4. The molecule has 0 saturated heterocycles. The molecule has 0 aliphatic carbocycles. The van der Waals surface area contributed by atoms with E-state index < -0.39 is 5.97 Å². The van der Waals surface area contributed by atoms with Crippen molar-refractivity contribution in [3.8, 4) is 0 Å². The van der Waals surface area contributed by atoms with E-state index in [0.717, 1.165) is 5.56 Å². The number of anilines is 1. The lowest BCUT2D eigenvalue weighted by Crippen LogP contribution is -2.28. The van der Waals surface area contributed by atoms with E-state index >= 15 is 0 Å². The Morgan fingerprint density at radius 3 is 2.68 bits per heavy atom. The quantitative estimate of drug-likeness (QED) is 0.866. The molecule has 0 aromatic carbocycles. The molecule has 0 atom stereocenters. The highest BCUT2D eigenvalue weighted by Crippen LogP contribution is 2.11. The van der Waals surface area contributed by atoms with E-state index in [9.17, 15) is 9.59 Å². The molecule has 6 nitrogen and oxygen atoms in total. The van der Waals surface area contributed by atoms with Crippen molar-refractivity contribution in [3.63, 3.8) is 0 Å². The number of carbonyl (C=O) groups is 2. The number of carboxylic acids is 1. The Morgan fingerprint density at radius 1 is 1.37 bits per heavy atom. The molecule has 2 rings (SSSR count). The summed E-state index contributed by atoms with van der Waals surface area (Å²) in [4.78, 5) is 30.9. The third kappa shape index (κ3) is 2.98. The molecule has 1 amide bonds. The SMILES string of the molecule is CN(C(=O)Cc1cc[nH]c1)c1ccc(C(=O)O)cn1. The summed E-state index contributed by atoms with van der Waals surface area (Å²) >= 11 is 0. The van der Waals surface area contributed by atoms with Gasteiger partial charge >= 0.3 is 5.97 Å². The number of hydrogen-bond acceptors (Lipinski definition) is 3. The van der Waals surface area contributed by atoms with E-state index in [0.29, 0.717) is 5.82 Å². The number of nitrogens with zero attached hydrogens (tertiary/aromatic N) is 2. The van der Waals surface area contributed by atoms with Crippen molar-refractivity contribution < 1.29 is 14.7 Å². The smallest absolute Gasteiger partial charge is 0.337 e. The largest absolute Gasteiger partial charge is 0.478 e. The molecule has 6 heteroatoms. The number of aromatic carboxylic acids is 1. The van der Waals surface area contributed by atoms with Crippen LogP contribution in [0.1, 0.15) is 15.9 Å². The van der Waals surface area contributed by atoms with Crippen molar-refractivity contribution in [1.29, 1.82) is 0 Å². The lowest BCUT2D eigenvalue weighted by molar-refractivity contribution is -0.117. The first-order valence-electron chi connectivity index (χ1n) is 5.65. The number of amides is 1. The number of aromatic amines is 1. The zero-order valence-electron chi connectivity index (χ0n) is 10.3. The second-order valence-electron chi connectivity index (χ2n) is 4.06. The molecule has 0 aliphatic heterocycles. The van der Waals surface area contributed by atoms with Crippen LogP contribution in [0.4, 0.5) is 5.82 Å². The monoisotopic (exact) mass is 259 g/mol. The van der Waals surface area contributed by atoms with Crippen LogP contribution in [0.2, 0.25) is 0 Å². The van der Waals surface area contributed by atoms with Gasteiger partial charge in [0, 0.05) is 25.6 Å². The number of carbonyl (C=O) groups excluding carboxylic acids is 1. The summed E-state index contributed by atoms with van der Waals surface area (Å²) in [5.74, 6) is -0.735. The summed E-state index contributed by atoms with van der Waals surface area (Å²) in [5, 5.41) is 8.77. The van der Waals surface area contributed by atoms with Gasteiger partial charge in [-0.1, -0.05) is 0 Å². The molecule has 0 aliphatic rings. The predicted molar refractivity (Wildman–Crippen MR) is 69.1 cm³/mol. The molecule has 2 aromatic rings. The molecule has 0 unspecified atom stereocenters. The van der Waals surface area contributed by atoms with E-state index in [4.69, 9.17) is 5.11 Å². The third-order valence-electron chi connectivity index (χ3n) is 2.73. The number of nitrogens with one attached hydrogen (secondary N) is 1. The van der Waals surface area contributed by atoms with Crippen LogP contribution in [0.5, 0.6) is 0 Å². The topological polar surface area (TPSA) is 86.3 Å². The van der Waals surface area contributed by atoms with Crippen molar-refractivity contribution >= 4 is 17.7 Å². The highest BCUT2D eigenvalue weighted by Gasteiger charge is 2.13. The van der Waals surface area contributed by atoms with E-state index in [-0.39, 0.29) is 17.9 Å². The Morgan fingerprint density at radius 2 is 2.16 bits per heavy atom. The molecule has 19 heavy (non-hydrogen) atoms. The number of pyridine rings is 1. The molecule has 2 aromatic heterocycles. The second-order valence-corrected chi connectivity index (χ2v) is 4.06. The van der Waals surface area contributed by atoms with E-state index in [1.54, 1.807) is 19.4 Å².